The molecule has 1 atom stereocenters. The predicted molar refractivity (Wildman–Crippen MR) is 115 cm³/mol. The molecular formula is C21H22N4O3S2. The largest absolute Gasteiger partial charge is 0.465 e. The summed E-state index contributed by atoms with van der Waals surface area (Å²) in [5.41, 5.74) is 1.73. The van der Waals surface area contributed by atoms with Crippen LogP contribution in [0.15, 0.2) is 40.9 Å². The molecule has 0 saturated heterocycles. The van der Waals surface area contributed by atoms with Crippen LogP contribution in [0.4, 0.5) is 0 Å². The standard InChI is InChI=1S/C21H22N4O3S2/c1-3-28-20(27)17(19-22-13(2)11-29-19)16(26)12-30-21-23-18(14-9-10-14)25(24-21)15-7-5-4-6-8-15/h4-8,11,14,17H,3,9-10,12H2,1-2H3/t17-/m1/s1. The molecule has 0 unspecified atom stereocenters. The lowest BCUT2D eigenvalue weighted by molar-refractivity contribution is -0.147. The van der Waals surface area contributed by atoms with Gasteiger partial charge in [0.1, 0.15) is 10.8 Å². The zero-order valence-corrected chi connectivity index (χ0v) is 18.4. The lowest BCUT2D eigenvalue weighted by Gasteiger charge is -2.11. The molecule has 0 aliphatic heterocycles. The Hall–Kier alpha value is -2.52. The number of Topliss-reactive ketones (excluding diaryl/α,β-unsaturated/α-hetero) is 1. The first-order valence-corrected chi connectivity index (χ1v) is 11.7. The molecule has 9 heteroatoms. The lowest BCUT2D eigenvalue weighted by atomic mass is 10.1. The van der Waals surface area contributed by atoms with Crippen molar-refractivity contribution in [3.05, 3.63) is 52.2 Å². The molecule has 7 nitrogen and oxygen atoms in total. The molecular weight excluding hydrogens is 420 g/mol. The van der Waals surface area contributed by atoms with Crippen molar-refractivity contribution in [2.24, 2.45) is 0 Å². The summed E-state index contributed by atoms with van der Waals surface area (Å²) in [5, 5.41) is 7.45. The SMILES string of the molecule is CCOC(=O)[C@H](C(=O)CSc1nc(C2CC2)n(-c2ccccc2)n1)c1nc(C)cs1. The van der Waals surface area contributed by atoms with Crippen LogP contribution in [0.2, 0.25) is 0 Å². The van der Waals surface area contributed by atoms with Crippen molar-refractivity contribution in [2.45, 2.75) is 43.7 Å². The number of ketones is 1. The van der Waals surface area contributed by atoms with Gasteiger partial charge in [0.2, 0.25) is 5.16 Å². The Labute approximate surface area is 182 Å². The predicted octanol–water partition coefficient (Wildman–Crippen LogP) is 3.92. The second-order valence-corrected chi connectivity index (χ2v) is 8.87. The summed E-state index contributed by atoms with van der Waals surface area (Å²) >= 11 is 2.55. The van der Waals surface area contributed by atoms with Gasteiger partial charge < -0.3 is 4.74 Å². The van der Waals surface area contributed by atoms with Crippen LogP contribution in [-0.2, 0) is 14.3 Å². The zero-order valence-electron chi connectivity index (χ0n) is 16.8. The third kappa shape index (κ3) is 4.62. The van der Waals surface area contributed by atoms with E-state index in [2.05, 4.69) is 15.1 Å². The van der Waals surface area contributed by atoms with Crippen LogP contribution < -0.4 is 0 Å². The van der Waals surface area contributed by atoms with Gasteiger partial charge in [-0.25, -0.2) is 14.6 Å². The summed E-state index contributed by atoms with van der Waals surface area (Å²) in [5.74, 6) is -0.404. The van der Waals surface area contributed by atoms with Crippen molar-refractivity contribution in [3.63, 3.8) is 0 Å². The summed E-state index contributed by atoms with van der Waals surface area (Å²) in [7, 11) is 0. The second kappa shape index (κ2) is 9.09. The van der Waals surface area contributed by atoms with E-state index in [0.717, 1.165) is 30.0 Å². The Bertz CT molecular complexity index is 1040. The minimum absolute atomic E-state index is 0.0744. The average molecular weight is 443 g/mol. The maximum absolute atomic E-state index is 12.9. The molecule has 0 radical (unpaired) electrons. The van der Waals surface area contributed by atoms with Gasteiger partial charge in [0, 0.05) is 17.0 Å². The van der Waals surface area contributed by atoms with Crippen LogP contribution in [-0.4, -0.2) is 43.9 Å². The van der Waals surface area contributed by atoms with Gasteiger partial charge in [0.05, 0.1) is 18.0 Å². The van der Waals surface area contributed by atoms with E-state index in [4.69, 9.17) is 4.74 Å². The van der Waals surface area contributed by atoms with Crippen molar-refractivity contribution in [1.82, 2.24) is 19.7 Å². The van der Waals surface area contributed by atoms with Crippen LogP contribution in [0.1, 0.15) is 48.1 Å². The minimum atomic E-state index is -1.00. The van der Waals surface area contributed by atoms with Gasteiger partial charge in [-0.2, -0.15) is 0 Å². The molecule has 0 N–H and O–H groups in total. The molecule has 0 amide bonds. The molecule has 3 aromatic rings. The summed E-state index contributed by atoms with van der Waals surface area (Å²) in [6, 6.07) is 9.86. The van der Waals surface area contributed by atoms with Crippen molar-refractivity contribution in [1.29, 1.82) is 0 Å². The third-order valence-corrected chi connectivity index (χ3v) is 6.51. The van der Waals surface area contributed by atoms with Crippen LogP contribution in [0, 0.1) is 6.92 Å². The highest BCUT2D eigenvalue weighted by Gasteiger charge is 2.34. The van der Waals surface area contributed by atoms with Crippen LogP contribution in [0.5, 0.6) is 0 Å². The monoisotopic (exact) mass is 442 g/mol. The number of rotatable bonds is 9. The number of esters is 1. The maximum Gasteiger partial charge on any atom is 0.323 e. The fourth-order valence-corrected chi connectivity index (χ4v) is 4.69. The Balaban J connectivity index is 1.51. The van der Waals surface area contributed by atoms with Gasteiger partial charge in [-0.05, 0) is 38.8 Å². The number of aromatic nitrogens is 4. The highest BCUT2D eigenvalue weighted by atomic mass is 32.2. The number of hydrogen-bond donors (Lipinski definition) is 0. The highest BCUT2D eigenvalue weighted by molar-refractivity contribution is 7.99. The molecule has 1 saturated carbocycles. The van der Waals surface area contributed by atoms with Crippen molar-refractivity contribution in [3.8, 4) is 5.69 Å². The van der Waals surface area contributed by atoms with Gasteiger partial charge in [0.15, 0.2) is 11.7 Å². The highest BCUT2D eigenvalue weighted by Crippen LogP contribution is 2.40. The molecule has 156 valence electrons. The summed E-state index contributed by atoms with van der Waals surface area (Å²) < 4.78 is 6.98. The van der Waals surface area contributed by atoms with Crippen LogP contribution >= 0.6 is 23.1 Å². The first-order chi connectivity index (χ1) is 14.6. The van der Waals surface area contributed by atoms with Gasteiger partial charge in [-0.1, -0.05) is 30.0 Å². The van der Waals surface area contributed by atoms with E-state index in [-0.39, 0.29) is 18.1 Å². The molecule has 1 aromatic carbocycles. The summed E-state index contributed by atoms with van der Waals surface area (Å²) in [4.78, 5) is 34.4. The summed E-state index contributed by atoms with van der Waals surface area (Å²) in [6.07, 6.45) is 2.20. The molecule has 1 aliphatic rings. The van der Waals surface area contributed by atoms with Gasteiger partial charge in [0.25, 0.3) is 0 Å². The molecule has 2 aromatic heterocycles. The van der Waals surface area contributed by atoms with E-state index < -0.39 is 11.9 Å². The number of carbonyl (C=O) groups is 2. The van der Waals surface area contributed by atoms with Gasteiger partial charge >= 0.3 is 5.97 Å². The first-order valence-electron chi connectivity index (χ1n) is 9.83. The van der Waals surface area contributed by atoms with E-state index in [1.807, 2.05) is 47.3 Å². The molecule has 0 bridgehead atoms. The normalized spacial score (nSPS) is 14.5. The fourth-order valence-electron chi connectivity index (χ4n) is 3.05. The molecule has 0 spiro atoms. The number of hydrogen-bond acceptors (Lipinski definition) is 8. The van der Waals surface area contributed by atoms with Crippen molar-refractivity contribution in [2.75, 3.05) is 12.4 Å². The van der Waals surface area contributed by atoms with E-state index in [0.29, 0.717) is 16.1 Å². The lowest BCUT2D eigenvalue weighted by Crippen LogP contribution is -2.25. The van der Waals surface area contributed by atoms with Crippen LogP contribution in [0.3, 0.4) is 0 Å². The molecule has 30 heavy (non-hydrogen) atoms. The molecule has 2 heterocycles. The Morgan fingerprint density at radius 3 is 2.67 bits per heavy atom. The second-order valence-electron chi connectivity index (χ2n) is 7.04. The number of thiazole rings is 1. The molecule has 4 rings (SSSR count). The van der Waals surface area contributed by atoms with E-state index in [1.165, 1.54) is 23.1 Å². The van der Waals surface area contributed by atoms with Crippen molar-refractivity contribution >= 4 is 34.9 Å². The summed E-state index contributed by atoms with van der Waals surface area (Å²) in [6.45, 7) is 3.77. The Morgan fingerprint density at radius 1 is 1.27 bits per heavy atom. The number of aryl methyl sites for hydroxylation is 1. The maximum atomic E-state index is 12.9. The average Bonchev–Trinajstić information content (AvgIpc) is 3.36. The Kier molecular flexibility index (Phi) is 6.29. The fraction of sp³-hybridized carbons (Fsp3) is 0.381. The molecule has 1 aliphatic carbocycles. The van der Waals surface area contributed by atoms with Gasteiger partial charge in [-0.15, -0.1) is 16.4 Å². The van der Waals surface area contributed by atoms with E-state index in [1.54, 1.807) is 6.92 Å². The van der Waals surface area contributed by atoms with Crippen LogP contribution in [0.25, 0.3) is 5.69 Å². The molecule has 1 fully saturated rings. The van der Waals surface area contributed by atoms with E-state index >= 15 is 0 Å². The minimum Gasteiger partial charge on any atom is -0.465 e. The number of thioether (sulfide) groups is 1. The zero-order chi connectivity index (χ0) is 21.1. The first kappa shape index (κ1) is 20.7. The topological polar surface area (TPSA) is 87.0 Å². The van der Waals surface area contributed by atoms with E-state index in [9.17, 15) is 9.59 Å². The number of ether oxygens (including phenoxy) is 1. The van der Waals surface area contributed by atoms with Gasteiger partial charge in [-0.3, -0.25) is 9.59 Å². The smallest absolute Gasteiger partial charge is 0.323 e. The number of para-hydroxylation sites is 1. The number of benzene rings is 1. The number of nitrogens with zero attached hydrogens (tertiary/aromatic N) is 4. The third-order valence-electron chi connectivity index (χ3n) is 4.63. The quantitative estimate of drug-likeness (QED) is 0.282. The van der Waals surface area contributed by atoms with Crippen molar-refractivity contribution < 1.29 is 14.3 Å². The number of carbonyl (C=O) groups excluding carboxylic acids is 2. The Morgan fingerprint density at radius 2 is 2.03 bits per heavy atom.